The number of hydrogen-bond donors (Lipinski definition) is 1. The summed E-state index contributed by atoms with van der Waals surface area (Å²) in [5.41, 5.74) is 6.37. The Morgan fingerprint density at radius 2 is 1.82 bits per heavy atom. The van der Waals surface area contributed by atoms with Crippen LogP contribution in [0, 0.1) is 6.92 Å². The SMILES string of the molecule is Cc1ccc(C(=O)c2cc(Cl)c(N)c(Cl)c2)s1. The van der Waals surface area contributed by atoms with E-state index in [0.717, 1.165) is 4.88 Å². The van der Waals surface area contributed by atoms with E-state index in [2.05, 4.69) is 0 Å². The molecule has 0 atom stereocenters. The number of nitrogen functional groups attached to an aromatic ring is 1. The van der Waals surface area contributed by atoms with Crippen molar-refractivity contribution in [2.75, 3.05) is 5.73 Å². The largest absolute Gasteiger partial charge is 0.396 e. The molecule has 2 rings (SSSR count). The van der Waals surface area contributed by atoms with Gasteiger partial charge in [-0.05, 0) is 31.2 Å². The molecule has 0 fully saturated rings. The Hall–Kier alpha value is -1.03. The summed E-state index contributed by atoms with van der Waals surface area (Å²) in [6.45, 7) is 1.95. The number of aryl methyl sites for hydroxylation is 1. The van der Waals surface area contributed by atoms with Crippen molar-refractivity contribution in [1.82, 2.24) is 0 Å². The minimum absolute atomic E-state index is 0.0908. The van der Waals surface area contributed by atoms with Gasteiger partial charge in [-0.15, -0.1) is 11.3 Å². The molecule has 5 heteroatoms. The van der Waals surface area contributed by atoms with E-state index in [0.29, 0.717) is 26.2 Å². The zero-order valence-corrected chi connectivity index (χ0v) is 11.3. The highest BCUT2D eigenvalue weighted by Gasteiger charge is 2.14. The zero-order chi connectivity index (χ0) is 12.6. The second kappa shape index (κ2) is 4.69. The predicted molar refractivity (Wildman–Crippen MR) is 73.4 cm³/mol. The fraction of sp³-hybridized carbons (Fsp3) is 0.0833. The second-order valence-electron chi connectivity index (χ2n) is 3.59. The molecule has 1 aromatic heterocycles. The highest BCUT2D eigenvalue weighted by atomic mass is 35.5. The summed E-state index contributed by atoms with van der Waals surface area (Å²) in [4.78, 5) is 13.9. The van der Waals surface area contributed by atoms with Gasteiger partial charge in [-0.25, -0.2) is 0 Å². The molecule has 0 saturated carbocycles. The predicted octanol–water partition coefficient (Wildman–Crippen LogP) is 4.18. The van der Waals surface area contributed by atoms with Crippen LogP contribution in [-0.2, 0) is 0 Å². The van der Waals surface area contributed by atoms with Crippen LogP contribution in [-0.4, -0.2) is 5.78 Å². The third-order valence-corrected chi connectivity index (χ3v) is 3.93. The van der Waals surface area contributed by atoms with Crippen molar-refractivity contribution in [3.05, 3.63) is 49.6 Å². The molecule has 0 radical (unpaired) electrons. The highest BCUT2D eigenvalue weighted by Crippen LogP contribution is 2.30. The van der Waals surface area contributed by atoms with Crippen molar-refractivity contribution in [3.8, 4) is 0 Å². The second-order valence-corrected chi connectivity index (χ2v) is 5.70. The molecule has 17 heavy (non-hydrogen) atoms. The van der Waals surface area contributed by atoms with Crippen LogP contribution >= 0.6 is 34.5 Å². The number of anilines is 1. The molecule has 0 aliphatic rings. The van der Waals surface area contributed by atoms with Crippen LogP contribution in [0.15, 0.2) is 24.3 Å². The van der Waals surface area contributed by atoms with Crippen LogP contribution < -0.4 is 5.73 Å². The van der Waals surface area contributed by atoms with E-state index >= 15 is 0 Å². The molecule has 0 aliphatic carbocycles. The van der Waals surface area contributed by atoms with Gasteiger partial charge < -0.3 is 5.73 Å². The fourth-order valence-electron chi connectivity index (χ4n) is 1.41. The van der Waals surface area contributed by atoms with Gasteiger partial charge in [0, 0.05) is 10.4 Å². The van der Waals surface area contributed by atoms with Crippen molar-refractivity contribution in [3.63, 3.8) is 0 Å². The van der Waals surface area contributed by atoms with Gasteiger partial charge in [-0.1, -0.05) is 23.2 Å². The molecular weight excluding hydrogens is 277 g/mol. The third kappa shape index (κ3) is 2.46. The van der Waals surface area contributed by atoms with E-state index in [9.17, 15) is 4.79 Å². The van der Waals surface area contributed by atoms with E-state index < -0.39 is 0 Å². The van der Waals surface area contributed by atoms with Crippen LogP contribution in [0.3, 0.4) is 0 Å². The number of hydrogen-bond acceptors (Lipinski definition) is 3. The maximum absolute atomic E-state index is 12.1. The van der Waals surface area contributed by atoms with Gasteiger partial charge in [0.15, 0.2) is 0 Å². The minimum Gasteiger partial charge on any atom is -0.396 e. The lowest BCUT2D eigenvalue weighted by Gasteiger charge is -2.04. The number of ketones is 1. The summed E-state index contributed by atoms with van der Waals surface area (Å²) in [5, 5.41) is 0.600. The lowest BCUT2D eigenvalue weighted by atomic mass is 10.1. The Kier molecular flexibility index (Phi) is 3.43. The van der Waals surface area contributed by atoms with Gasteiger partial charge in [0.2, 0.25) is 5.78 Å². The third-order valence-electron chi connectivity index (χ3n) is 2.31. The van der Waals surface area contributed by atoms with Crippen LogP contribution in [0.25, 0.3) is 0 Å². The number of nitrogens with two attached hydrogens (primary N) is 1. The van der Waals surface area contributed by atoms with Gasteiger partial charge in [-0.3, -0.25) is 4.79 Å². The molecule has 2 N–H and O–H groups in total. The number of rotatable bonds is 2. The molecule has 2 aromatic rings. The monoisotopic (exact) mass is 285 g/mol. The number of benzene rings is 1. The van der Waals surface area contributed by atoms with Crippen molar-refractivity contribution < 1.29 is 4.79 Å². The van der Waals surface area contributed by atoms with E-state index in [1.165, 1.54) is 11.3 Å². The summed E-state index contributed by atoms with van der Waals surface area (Å²) in [7, 11) is 0. The number of thiophene rings is 1. The Labute approximate surface area is 113 Å². The lowest BCUT2D eigenvalue weighted by molar-refractivity contribution is 0.104. The van der Waals surface area contributed by atoms with Crippen molar-refractivity contribution in [1.29, 1.82) is 0 Å². The Balaban J connectivity index is 2.44. The first-order chi connectivity index (χ1) is 7.99. The molecule has 0 saturated heterocycles. The first kappa shape index (κ1) is 12.4. The lowest BCUT2D eigenvalue weighted by Crippen LogP contribution is -2.00. The quantitative estimate of drug-likeness (QED) is 0.665. The van der Waals surface area contributed by atoms with Gasteiger partial charge in [-0.2, -0.15) is 0 Å². The van der Waals surface area contributed by atoms with Crippen LogP contribution in [0.1, 0.15) is 20.1 Å². The average Bonchev–Trinajstić information content (AvgIpc) is 2.71. The molecule has 2 nitrogen and oxygen atoms in total. The topological polar surface area (TPSA) is 43.1 Å². The minimum atomic E-state index is -0.0908. The summed E-state index contributed by atoms with van der Waals surface area (Å²) in [6.07, 6.45) is 0. The molecule has 0 bridgehead atoms. The van der Waals surface area contributed by atoms with Gasteiger partial charge in [0.05, 0.1) is 20.6 Å². The summed E-state index contributed by atoms with van der Waals surface area (Å²) in [5.74, 6) is -0.0908. The fourth-order valence-corrected chi connectivity index (χ4v) is 2.73. The first-order valence-corrected chi connectivity index (χ1v) is 6.42. The van der Waals surface area contributed by atoms with Crippen molar-refractivity contribution in [2.24, 2.45) is 0 Å². The van der Waals surface area contributed by atoms with Crippen molar-refractivity contribution >= 4 is 46.0 Å². The summed E-state index contributed by atoms with van der Waals surface area (Å²) < 4.78 is 0. The molecule has 0 aliphatic heterocycles. The molecule has 1 heterocycles. The van der Waals surface area contributed by atoms with Crippen LogP contribution in [0.4, 0.5) is 5.69 Å². The number of halogens is 2. The van der Waals surface area contributed by atoms with E-state index in [1.54, 1.807) is 18.2 Å². The van der Waals surface area contributed by atoms with Gasteiger partial charge in [0.1, 0.15) is 0 Å². The number of carbonyl (C=O) groups excluding carboxylic acids is 1. The standard InChI is InChI=1S/C12H9Cl2NOS/c1-6-2-3-10(17-6)12(16)7-4-8(13)11(15)9(14)5-7/h2-5H,15H2,1H3. The molecule has 0 amide bonds. The van der Waals surface area contributed by atoms with Gasteiger partial charge in [0.25, 0.3) is 0 Å². The Morgan fingerprint density at radius 1 is 1.24 bits per heavy atom. The normalized spacial score (nSPS) is 10.5. The molecule has 0 spiro atoms. The Morgan fingerprint density at radius 3 is 2.29 bits per heavy atom. The van der Waals surface area contributed by atoms with Crippen LogP contribution in [0.2, 0.25) is 10.0 Å². The molecular formula is C12H9Cl2NOS. The van der Waals surface area contributed by atoms with Crippen molar-refractivity contribution in [2.45, 2.75) is 6.92 Å². The van der Waals surface area contributed by atoms with Gasteiger partial charge >= 0.3 is 0 Å². The molecule has 88 valence electrons. The first-order valence-electron chi connectivity index (χ1n) is 4.84. The zero-order valence-electron chi connectivity index (χ0n) is 8.96. The summed E-state index contributed by atoms with van der Waals surface area (Å²) >= 11 is 13.2. The van der Waals surface area contributed by atoms with E-state index in [4.69, 9.17) is 28.9 Å². The Bertz CT molecular complexity index is 569. The molecule has 0 unspecified atom stereocenters. The molecule has 1 aromatic carbocycles. The highest BCUT2D eigenvalue weighted by molar-refractivity contribution is 7.14. The number of carbonyl (C=O) groups is 1. The average molecular weight is 286 g/mol. The maximum Gasteiger partial charge on any atom is 0.203 e. The van der Waals surface area contributed by atoms with E-state index in [-0.39, 0.29) is 5.78 Å². The smallest absolute Gasteiger partial charge is 0.203 e. The van der Waals surface area contributed by atoms with Crippen LogP contribution in [0.5, 0.6) is 0 Å². The van der Waals surface area contributed by atoms with E-state index in [1.807, 2.05) is 13.0 Å². The maximum atomic E-state index is 12.1. The summed E-state index contributed by atoms with van der Waals surface area (Å²) in [6, 6.07) is 6.78.